The molecule has 0 radical (unpaired) electrons. The fourth-order valence-electron chi connectivity index (χ4n) is 0.833. The van der Waals surface area contributed by atoms with Crippen molar-refractivity contribution in [3.8, 4) is 11.8 Å². The number of likely N-dealkylation sites (N-methyl/N-ethyl adjacent to an activating group) is 1. The molecule has 0 aromatic carbocycles. The number of nitriles is 1. The van der Waals surface area contributed by atoms with Gasteiger partial charge >= 0.3 is 0 Å². The van der Waals surface area contributed by atoms with Gasteiger partial charge in [-0.15, -0.1) is 0 Å². The second-order valence-corrected chi connectivity index (χ2v) is 2.44. The predicted octanol–water partition coefficient (Wildman–Crippen LogP) is 0.551. The van der Waals surface area contributed by atoms with Crippen LogP contribution in [0.25, 0.3) is 0 Å². The molecule has 0 amide bonds. The molecule has 0 aliphatic heterocycles. The van der Waals surface area contributed by atoms with Crippen LogP contribution in [0, 0.1) is 11.3 Å². The van der Waals surface area contributed by atoms with Gasteiger partial charge in [-0.1, -0.05) is 0 Å². The van der Waals surface area contributed by atoms with E-state index in [2.05, 4.69) is 10.3 Å². The highest BCUT2D eigenvalue weighted by Crippen LogP contribution is 2.09. The van der Waals surface area contributed by atoms with E-state index in [-0.39, 0.29) is 0 Å². The molecule has 0 bridgehead atoms. The predicted molar refractivity (Wildman–Crippen MR) is 48.4 cm³/mol. The van der Waals surface area contributed by atoms with Gasteiger partial charge in [-0.3, -0.25) is 0 Å². The number of nitrogens with zero attached hydrogens (tertiary/aromatic N) is 2. The van der Waals surface area contributed by atoms with Gasteiger partial charge in [0.25, 0.3) is 0 Å². The van der Waals surface area contributed by atoms with Crippen molar-refractivity contribution >= 4 is 0 Å². The smallest absolute Gasteiger partial charge is 0.144 e. The zero-order chi connectivity index (χ0) is 9.52. The third-order valence-corrected chi connectivity index (χ3v) is 1.47. The second kappa shape index (κ2) is 5.12. The number of pyridine rings is 1. The third kappa shape index (κ3) is 3.09. The van der Waals surface area contributed by atoms with E-state index in [0.717, 1.165) is 6.54 Å². The summed E-state index contributed by atoms with van der Waals surface area (Å²) >= 11 is 0. The van der Waals surface area contributed by atoms with Gasteiger partial charge in [0.15, 0.2) is 0 Å². The van der Waals surface area contributed by atoms with Crippen LogP contribution in [0.5, 0.6) is 5.75 Å². The Bertz CT molecular complexity index is 306. The van der Waals surface area contributed by atoms with Crippen molar-refractivity contribution in [3.63, 3.8) is 0 Å². The fraction of sp³-hybridized carbons (Fsp3) is 0.333. The standard InChI is InChI=1S/C9H11N3O/c1-11-4-5-13-9-2-3-12-8(6-9)7-10/h2-3,6,11H,4-5H2,1H3. The van der Waals surface area contributed by atoms with Crippen LogP contribution in [-0.2, 0) is 0 Å². The monoisotopic (exact) mass is 177 g/mol. The van der Waals surface area contributed by atoms with Gasteiger partial charge in [0.2, 0.25) is 0 Å². The highest BCUT2D eigenvalue weighted by atomic mass is 16.5. The number of rotatable bonds is 4. The summed E-state index contributed by atoms with van der Waals surface area (Å²) in [6.45, 7) is 1.37. The lowest BCUT2D eigenvalue weighted by molar-refractivity contribution is 0.318. The van der Waals surface area contributed by atoms with E-state index in [4.69, 9.17) is 10.00 Å². The van der Waals surface area contributed by atoms with Crippen molar-refractivity contribution in [1.82, 2.24) is 10.3 Å². The normalized spacial score (nSPS) is 9.23. The van der Waals surface area contributed by atoms with Crippen LogP contribution < -0.4 is 10.1 Å². The Morgan fingerprint density at radius 3 is 3.23 bits per heavy atom. The molecule has 0 spiro atoms. The minimum absolute atomic E-state index is 0.377. The lowest BCUT2D eigenvalue weighted by Crippen LogP contribution is -2.15. The van der Waals surface area contributed by atoms with E-state index >= 15 is 0 Å². The van der Waals surface area contributed by atoms with Crippen LogP contribution in [0.4, 0.5) is 0 Å². The molecule has 1 aromatic heterocycles. The molecule has 1 heterocycles. The minimum Gasteiger partial charge on any atom is -0.492 e. The quantitative estimate of drug-likeness (QED) is 0.682. The molecule has 0 saturated heterocycles. The molecule has 0 atom stereocenters. The molecule has 0 fully saturated rings. The first kappa shape index (κ1) is 9.49. The summed E-state index contributed by atoms with van der Waals surface area (Å²) in [4.78, 5) is 3.83. The zero-order valence-corrected chi connectivity index (χ0v) is 7.45. The van der Waals surface area contributed by atoms with E-state index < -0.39 is 0 Å². The van der Waals surface area contributed by atoms with Crippen molar-refractivity contribution in [2.24, 2.45) is 0 Å². The van der Waals surface area contributed by atoms with Gasteiger partial charge in [0.05, 0.1) is 0 Å². The largest absolute Gasteiger partial charge is 0.492 e. The first-order chi connectivity index (χ1) is 6.36. The number of hydrogen-bond donors (Lipinski definition) is 1. The maximum absolute atomic E-state index is 8.55. The average Bonchev–Trinajstić information content (AvgIpc) is 2.19. The first-order valence-corrected chi connectivity index (χ1v) is 4.00. The molecule has 0 aliphatic rings. The van der Waals surface area contributed by atoms with Gasteiger partial charge < -0.3 is 10.1 Å². The van der Waals surface area contributed by atoms with E-state index in [0.29, 0.717) is 18.1 Å². The average molecular weight is 177 g/mol. The zero-order valence-electron chi connectivity index (χ0n) is 7.45. The van der Waals surface area contributed by atoms with E-state index in [1.807, 2.05) is 13.1 Å². The molecule has 0 saturated carbocycles. The Hall–Kier alpha value is -1.60. The maximum atomic E-state index is 8.55. The van der Waals surface area contributed by atoms with Gasteiger partial charge in [-0.25, -0.2) is 4.98 Å². The number of aromatic nitrogens is 1. The Kier molecular flexibility index (Phi) is 3.74. The summed E-state index contributed by atoms with van der Waals surface area (Å²) in [5, 5.41) is 11.5. The minimum atomic E-state index is 0.377. The Labute approximate surface area is 77.2 Å². The Morgan fingerprint density at radius 2 is 2.54 bits per heavy atom. The van der Waals surface area contributed by atoms with Crippen LogP contribution in [-0.4, -0.2) is 25.2 Å². The van der Waals surface area contributed by atoms with Crippen LogP contribution >= 0.6 is 0 Å². The Morgan fingerprint density at radius 1 is 1.69 bits per heavy atom. The maximum Gasteiger partial charge on any atom is 0.144 e. The van der Waals surface area contributed by atoms with Crippen molar-refractivity contribution < 1.29 is 4.74 Å². The molecule has 13 heavy (non-hydrogen) atoms. The van der Waals surface area contributed by atoms with Crippen LogP contribution in [0.3, 0.4) is 0 Å². The molecule has 0 aliphatic carbocycles. The summed E-state index contributed by atoms with van der Waals surface area (Å²) in [5.74, 6) is 0.682. The van der Waals surface area contributed by atoms with Crippen molar-refractivity contribution in [2.75, 3.05) is 20.2 Å². The van der Waals surface area contributed by atoms with Crippen LogP contribution in [0.2, 0.25) is 0 Å². The van der Waals surface area contributed by atoms with Crippen LogP contribution in [0.1, 0.15) is 5.69 Å². The second-order valence-electron chi connectivity index (χ2n) is 2.44. The summed E-state index contributed by atoms with van der Waals surface area (Å²) in [6, 6.07) is 5.30. The molecule has 0 unspecified atom stereocenters. The van der Waals surface area contributed by atoms with E-state index in [1.54, 1.807) is 18.3 Å². The molecular formula is C9H11N3O. The highest BCUT2D eigenvalue weighted by Gasteiger charge is 1.95. The number of nitrogens with one attached hydrogen (secondary N) is 1. The molecule has 1 aromatic rings. The molecule has 68 valence electrons. The molecule has 4 heteroatoms. The molecule has 4 nitrogen and oxygen atoms in total. The highest BCUT2D eigenvalue weighted by molar-refractivity contribution is 5.29. The van der Waals surface area contributed by atoms with Gasteiger partial charge in [0, 0.05) is 18.8 Å². The summed E-state index contributed by atoms with van der Waals surface area (Å²) < 4.78 is 5.34. The van der Waals surface area contributed by atoms with Crippen molar-refractivity contribution in [3.05, 3.63) is 24.0 Å². The van der Waals surface area contributed by atoms with Gasteiger partial charge in [-0.2, -0.15) is 5.26 Å². The molecular weight excluding hydrogens is 166 g/mol. The van der Waals surface area contributed by atoms with Crippen molar-refractivity contribution in [2.45, 2.75) is 0 Å². The van der Waals surface area contributed by atoms with E-state index in [1.165, 1.54) is 0 Å². The fourth-order valence-corrected chi connectivity index (χ4v) is 0.833. The topological polar surface area (TPSA) is 57.9 Å². The SMILES string of the molecule is CNCCOc1ccnc(C#N)c1. The molecule has 1 N–H and O–H groups in total. The molecule has 1 rings (SSSR count). The summed E-state index contributed by atoms with van der Waals surface area (Å²) in [5.41, 5.74) is 0.377. The lowest BCUT2D eigenvalue weighted by atomic mass is 10.3. The number of hydrogen-bond acceptors (Lipinski definition) is 4. The lowest BCUT2D eigenvalue weighted by Gasteiger charge is -2.04. The Balaban J connectivity index is 2.52. The first-order valence-electron chi connectivity index (χ1n) is 4.00. The van der Waals surface area contributed by atoms with E-state index in [9.17, 15) is 0 Å². The van der Waals surface area contributed by atoms with Crippen molar-refractivity contribution in [1.29, 1.82) is 5.26 Å². The number of ether oxygens (including phenoxy) is 1. The van der Waals surface area contributed by atoms with Crippen LogP contribution in [0.15, 0.2) is 18.3 Å². The summed E-state index contributed by atoms with van der Waals surface area (Å²) in [6.07, 6.45) is 1.56. The van der Waals surface area contributed by atoms with Gasteiger partial charge in [-0.05, 0) is 13.1 Å². The summed E-state index contributed by atoms with van der Waals surface area (Å²) in [7, 11) is 1.86. The van der Waals surface area contributed by atoms with Gasteiger partial charge in [0.1, 0.15) is 24.1 Å². The third-order valence-electron chi connectivity index (χ3n) is 1.47.